The lowest BCUT2D eigenvalue weighted by Gasteiger charge is -2.31. The summed E-state index contributed by atoms with van der Waals surface area (Å²) in [5.41, 5.74) is 0.928. The molecule has 1 aromatic carbocycles. The third kappa shape index (κ3) is 4.12. The van der Waals surface area contributed by atoms with Crippen molar-refractivity contribution in [3.05, 3.63) is 59.6 Å². The van der Waals surface area contributed by atoms with Gasteiger partial charge in [0, 0.05) is 30.6 Å². The Hall–Kier alpha value is -3.00. The lowest BCUT2D eigenvalue weighted by molar-refractivity contribution is -0.125. The van der Waals surface area contributed by atoms with E-state index in [1.54, 1.807) is 11.0 Å². The minimum atomic E-state index is 0.00104. The number of aromatic nitrogens is 5. The Kier molecular flexibility index (Phi) is 5.48. The van der Waals surface area contributed by atoms with E-state index in [-0.39, 0.29) is 11.8 Å². The number of carbonyl (C=O) groups is 1. The third-order valence-corrected chi connectivity index (χ3v) is 5.26. The summed E-state index contributed by atoms with van der Waals surface area (Å²) in [7, 11) is 0. The van der Waals surface area contributed by atoms with E-state index >= 15 is 0 Å². The second-order valence-corrected chi connectivity index (χ2v) is 7.07. The lowest BCUT2D eigenvalue weighted by Crippen LogP contribution is -2.40. The number of halogens is 1. The van der Waals surface area contributed by atoms with Gasteiger partial charge in [0.1, 0.15) is 12.7 Å². The van der Waals surface area contributed by atoms with Crippen molar-refractivity contribution < 1.29 is 4.79 Å². The topological polar surface area (TPSA) is 88.8 Å². The Bertz CT molecular complexity index is 922. The van der Waals surface area contributed by atoms with Gasteiger partial charge in [-0.25, -0.2) is 9.67 Å². The number of amides is 1. The molecule has 3 aromatic rings. The van der Waals surface area contributed by atoms with Crippen molar-refractivity contribution in [3.8, 4) is 5.82 Å². The zero-order chi connectivity index (χ0) is 19.3. The molecule has 0 atom stereocenters. The second-order valence-electron chi connectivity index (χ2n) is 6.66. The molecular weight excluding hydrogens is 378 g/mol. The van der Waals surface area contributed by atoms with Crippen LogP contribution in [0.1, 0.15) is 18.4 Å². The van der Waals surface area contributed by atoms with Crippen LogP contribution in [-0.2, 0) is 11.3 Å². The Morgan fingerprint density at radius 1 is 1.11 bits per heavy atom. The van der Waals surface area contributed by atoms with E-state index in [2.05, 4.69) is 30.5 Å². The van der Waals surface area contributed by atoms with Crippen LogP contribution in [0.3, 0.4) is 0 Å². The molecule has 28 heavy (non-hydrogen) atoms. The normalized spacial score (nSPS) is 14.8. The van der Waals surface area contributed by atoms with E-state index < -0.39 is 0 Å². The summed E-state index contributed by atoms with van der Waals surface area (Å²) in [4.78, 5) is 18.5. The molecule has 0 bridgehead atoms. The molecule has 4 rings (SSSR count). The third-order valence-electron chi connectivity index (χ3n) is 4.89. The molecule has 1 N–H and O–H groups in total. The van der Waals surface area contributed by atoms with Crippen molar-refractivity contribution in [1.82, 2.24) is 30.3 Å². The fourth-order valence-electron chi connectivity index (χ4n) is 3.27. The minimum absolute atomic E-state index is 0.00104. The molecule has 0 radical (unpaired) electrons. The van der Waals surface area contributed by atoms with E-state index in [1.165, 1.54) is 6.33 Å². The van der Waals surface area contributed by atoms with Crippen molar-refractivity contribution in [3.63, 3.8) is 0 Å². The van der Waals surface area contributed by atoms with Crippen LogP contribution in [0.4, 0.5) is 5.82 Å². The van der Waals surface area contributed by atoms with Crippen molar-refractivity contribution in [2.75, 3.05) is 18.0 Å². The van der Waals surface area contributed by atoms with Crippen molar-refractivity contribution >= 4 is 23.3 Å². The van der Waals surface area contributed by atoms with Gasteiger partial charge in [0.15, 0.2) is 11.6 Å². The first-order chi connectivity index (χ1) is 13.7. The zero-order valence-electron chi connectivity index (χ0n) is 15.2. The predicted molar refractivity (Wildman–Crippen MR) is 105 cm³/mol. The first-order valence-corrected chi connectivity index (χ1v) is 9.53. The van der Waals surface area contributed by atoms with Gasteiger partial charge in [-0.1, -0.05) is 29.8 Å². The molecule has 1 amide bonds. The largest absolute Gasteiger partial charge is 0.355 e. The Labute approximate surface area is 167 Å². The van der Waals surface area contributed by atoms with E-state index in [9.17, 15) is 4.79 Å². The minimum Gasteiger partial charge on any atom is -0.355 e. The summed E-state index contributed by atoms with van der Waals surface area (Å²) < 4.78 is 1.56. The van der Waals surface area contributed by atoms with Crippen molar-refractivity contribution in [2.24, 2.45) is 5.92 Å². The van der Waals surface area contributed by atoms with Gasteiger partial charge in [0.25, 0.3) is 0 Å². The van der Waals surface area contributed by atoms with Crippen LogP contribution in [0, 0.1) is 5.92 Å². The van der Waals surface area contributed by atoms with Crippen LogP contribution in [-0.4, -0.2) is 44.0 Å². The number of benzene rings is 1. The molecule has 1 aliphatic rings. The molecule has 0 aliphatic carbocycles. The number of nitrogens with zero attached hydrogens (tertiary/aromatic N) is 6. The van der Waals surface area contributed by atoms with E-state index in [1.807, 2.05) is 36.4 Å². The first-order valence-electron chi connectivity index (χ1n) is 9.15. The SMILES string of the molecule is O=C(NCc1ccccc1Cl)C1CCN(c2ccc(-n3cncn3)nn2)CC1. The summed E-state index contributed by atoms with van der Waals surface area (Å²) in [5, 5.41) is 16.2. The van der Waals surface area contributed by atoms with Gasteiger partial charge in [-0.15, -0.1) is 10.2 Å². The number of piperidine rings is 1. The van der Waals surface area contributed by atoms with Gasteiger partial charge >= 0.3 is 0 Å². The Balaban J connectivity index is 1.29. The smallest absolute Gasteiger partial charge is 0.223 e. The van der Waals surface area contributed by atoms with Gasteiger partial charge in [0.2, 0.25) is 5.91 Å². The standard InChI is InChI=1S/C19H20ClN7O/c20-16-4-2-1-3-15(16)11-22-19(28)14-7-9-26(10-8-14)17-5-6-18(25-24-17)27-13-21-12-23-27/h1-6,12-14H,7-11H2,(H,22,28). The van der Waals surface area contributed by atoms with Crippen LogP contribution in [0.5, 0.6) is 0 Å². The summed E-state index contributed by atoms with van der Waals surface area (Å²) >= 11 is 6.14. The molecule has 0 saturated carbocycles. The Morgan fingerprint density at radius 2 is 1.86 bits per heavy atom. The molecular formula is C19H20ClN7O. The monoisotopic (exact) mass is 397 g/mol. The molecule has 9 heteroatoms. The summed E-state index contributed by atoms with van der Waals surface area (Å²) in [6, 6.07) is 11.3. The van der Waals surface area contributed by atoms with Gasteiger partial charge in [-0.3, -0.25) is 4.79 Å². The predicted octanol–water partition coefficient (Wildman–Crippen LogP) is 2.24. The average molecular weight is 398 g/mol. The first kappa shape index (κ1) is 18.4. The lowest BCUT2D eigenvalue weighted by atomic mass is 9.96. The van der Waals surface area contributed by atoms with Crippen LogP contribution >= 0.6 is 11.6 Å². The number of nitrogens with one attached hydrogen (secondary N) is 1. The van der Waals surface area contributed by atoms with E-state index in [4.69, 9.17) is 11.6 Å². The van der Waals surface area contributed by atoms with E-state index in [0.717, 1.165) is 37.3 Å². The quantitative estimate of drug-likeness (QED) is 0.710. The number of anilines is 1. The van der Waals surface area contributed by atoms with Crippen LogP contribution in [0.15, 0.2) is 49.1 Å². The highest BCUT2D eigenvalue weighted by Crippen LogP contribution is 2.22. The molecule has 3 heterocycles. The van der Waals surface area contributed by atoms with Crippen LogP contribution in [0.2, 0.25) is 5.02 Å². The summed E-state index contributed by atoms with van der Waals surface area (Å²) in [5.74, 6) is 1.50. The van der Waals surface area contributed by atoms with Gasteiger partial charge in [-0.2, -0.15) is 5.10 Å². The highest BCUT2D eigenvalue weighted by atomic mass is 35.5. The van der Waals surface area contributed by atoms with Gasteiger partial charge in [0.05, 0.1) is 0 Å². The van der Waals surface area contributed by atoms with Crippen LogP contribution in [0.25, 0.3) is 5.82 Å². The maximum Gasteiger partial charge on any atom is 0.223 e. The molecule has 1 aliphatic heterocycles. The Morgan fingerprint density at radius 3 is 2.54 bits per heavy atom. The maximum atomic E-state index is 12.5. The molecule has 8 nitrogen and oxygen atoms in total. The number of hydrogen-bond donors (Lipinski definition) is 1. The highest BCUT2D eigenvalue weighted by molar-refractivity contribution is 6.31. The summed E-state index contributed by atoms with van der Waals surface area (Å²) in [6.45, 7) is 1.98. The maximum absolute atomic E-state index is 12.5. The molecule has 1 saturated heterocycles. The molecule has 0 spiro atoms. The number of carbonyl (C=O) groups excluding carboxylic acids is 1. The average Bonchev–Trinajstić information content (AvgIpc) is 3.28. The fourth-order valence-corrected chi connectivity index (χ4v) is 3.48. The van der Waals surface area contributed by atoms with Crippen molar-refractivity contribution in [1.29, 1.82) is 0 Å². The second kappa shape index (κ2) is 8.35. The van der Waals surface area contributed by atoms with Crippen LogP contribution < -0.4 is 10.2 Å². The summed E-state index contributed by atoms with van der Waals surface area (Å²) in [6.07, 6.45) is 4.59. The highest BCUT2D eigenvalue weighted by Gasteiger charge is 2.25. The van der Waals surface area contributed by atoms with Gasteiger partial charge in [-0.05, 0) is 36.6 Å². The van der Waals surface area contributed by atoms with Gasteiger partial charge < -0.3 is 10.2 Å². The molecule has 144 valence electrons. The zero-order valence-corrected chi connectivity index (χ0v) is 16.0. The number of rotatable bonds is 5. The van der Waals surface area contributed by atoms with E-state index in [0.29, 0.717) is 17.4 Å². The molecule has 2 aromatic heterocycles. The molecule has 1 fully saturated rings. The fraction of sp³-hybridized carbons (Fsp3) is 0.316. The number of hydrogen-bond acceptors (Lipinski definition) is 6. The molecule has 0 unspecified atom stereocenters. The van der Waals surface area contributed by atoms with Crippen molar-refractivity contribution in [2.45, 2.75) is 19.4 Å².